The predicted molar refractivity (Wildman–Crippen MR) is 110 cm³/mol. The summed E-state index contributed by atoms with van der Waals surface area (Å²) in [5, 5.41) is 1.44. The monoisotopic (exact) mass is 413 g/mol. The largest absolute Gasteiger partial charge is 0.271 e. The van der Waals surface area contributed by atoms with E-state index in [4.69, 9.17) is 11.6 Å². The maximum Gasteiger partial charge on any atom is 0.271 e. The first-order chi connectivity index (χ1) is 13.4. The van der Waals surface area contributed by atoms with Gasteiger partial charge in [0.2, 0.25) is 0 Å². The quantitative estimate of drug-likeness (QED) is 0.438. The van der Waals surface area contributed by atoms with Crippen molar-refractivity contribution >= 4 is 32.5 Å². The average Bonchev–Trinajstić information content (AvgIpc) is 3.08. The van der Waals surface area contributed by atoms with Crippen molar-refractivity contribution in [3.05, 3.63) is 100 Å². The molecule has 0 aliphatic rings. The fourth-order valence-electron chi connectivity index (χ4n) is 3.24. The zero-order valence-electron chi connectivity index (χ0n) is 15.1. The van der Waals surface area contributed by atoms with Gasteiger partial charge in [-0.1, -0.05) is 48.0 Å². The SMILES string of the molecule is Cc1ccc(Cc2ccc3ccn(S(=O)(=O)c4ccccc4F)c3c2)c(Cl)c1. The van der Waals surface area contributed by atoms with Crippen molar-refractivity contribution in [3.63, 3.8) is 0 Å². The van der Waals surface area contributed by atoms with Crippen molar-refractivity contribution in [2.45, 2.75) is 18.2 Å². The maximum absolute atomic E-state index is 14.1. The molecule has 6 heteroatoms. The number of nitrogens with zero attached hydrogens (tertiary/aromatic N) is 1. The molecule has 0 aliphatic carbocycles. The first-order valence-electron chi connectivity index (χ1n) is 8.71. The topological polar surface area (TPSA) is 39.1 Å². The molecule has 0 spiro atoms. The smallest absolute Gasteiger partial charge is 0.241 e. The third kappa shape index (κ3) is 3.32. The van der Waals surface area contributed by atoms with Gasteiger partial charge in [-0.05, 0) is 60.4 Å². The van der Waals surface area contributed by atoms with Crippen molar-refractivity contribution in [1.82, 2.24) is 3.97 Å². The van der Waals surface area contributed by atoms with Crippen molar-refractivity contribution in [3.8, 4) is 0 Å². The van der Waals surface area contributed by atoms with E-state index in [0.717, 1.165) is 32.1 Å². The van der Waals surface area contributed by atoms with Crippen LogP contribution in [0.3, 0.4) is 0 Å². The van der Waals surface area contributed by atoms with Gasteiger partial charge in [0.1, 0.15) is 10.7 Å². The summed E-state index contributed by atoms with van der Waals surface area (Å²) in [6, 6.07) is 18.6. The Morgan fingerprint density at radius 3 is 2.54 bits per heavy atom. The zero-order valence-corrected chi connectivity index (χ0v) is 16.6. The van der Waals surface area contributed by atoms with E-state index in [2.05, 4.69) is 0 Å². The third-order valence-electron chi connectivity index (χ3n) is 4.70. The minimum absolute atomic E-state index is 0.348. The molecule has 0 saturated carbocycles. The van der Waals surface area contributed by atoms with Crippen LogP contribution in [0.15, 0.2) is 77.8 Å². The summed E-state index contributed by atoms with van der Waals surface area (Å²) >= 11 is 6.34. The summed E-state index contributed by atoms with van der Waals surface area (Å²) < 4.78 is 41.2. The fraction of sp³-hybridized carbons (Fsp3) is 0.0909. The minimum atomic E-state index is -4.04. The molecule has 0 fully saturated rings. The van der Waals surface area contributed by atoms with Crippen LogP contribution >= 0.6 is 11.6 Å². The average molecular weight is 414 g/mol. The van der Waals surface area contributed by atoms with Gasteiger partial charge in [-0.25, -0.2) is 16.8 Å². The molecule has 0 unspecified atom stereocenters. The van der Waals surface area contributed by atoms with Gasteiger partial charge in [-0.15, -0.1) is 0 Å². The highest BCUT2D eigenvalue weighted by Gasteiger charge is 2.22. The van der Waals surface area contributed by atoms with Crippen LogP contribution in [0.25, 0.3) is 10.9 Å². The molecule has 1 aromatic heterocycles. The molecule has 0 bridgehead atoms. The molecule has 0 amide bonds. The molecule has 0 saturated heterocycles. The lowest BCUT2D eigenvalue weighted by Gasteiger charge is -2.10. The molecule has 0 atom stereocenters. The Hall–Kier alpha value is -2.63. The second-order valence-electron chi connectivity index (χ2n) is 6.71. The highest BCUT2D eigenvalue weighted by atomic mass is 35.5. The molecule has 4 rings (SSSR count). The van der Waals surface area contributed by atoms with E-state index in [1.165, 1.54) is 24.4 Å². The van der Waals surface area contributed by atoms with Gasteiger partial charge >= 0.3 is 0 Å². The van der Waals surface area contributed by atoms with E-state index in [1.54, 1.807) is 6.07 Å². The van der Waals surface area contributed by atoms with Crippen molar-refractivity contribution in [2.24, 2.45) is 0 Å². The summed E-state index contributed by atoms with van der Waals surface area (Å²) in [4.78, 5) is -0.348. The van der Waals surface area contributed by atoms with Gasteiger partial charge in [0.15, 0.2) is 0 Å². The van der Waals surface area contributed by atoms with Gasteiger partial charge in [0.25, 0.3) is 10.0 Å². The van der Waals surface area contributed by atoms with Gasteiger partial charge in [0.05, 0.1) is 5.52 Å². The van der Waals surface area contributed by atoms with Crippen LogP contribution in [0.4, 0.5) is 4.39 Å². The van der Waals surface area contributed by atoms with Crippen LogP contribution < -0.4 is 0 Å². The molecule has 0 N–H and O–H groups in total. The van der Waals surface area contributed by atoms with E-state index in [-0.39, 0.29) is 4.90 Å². The van der Waals surface area contributed by atoms with E-state index in [9.17, 15) is 12.8 Å². The lowest BCUT2D eigenvalue weighted by Crippen LogP contribution is -2.13. The van der Waals surface area contributed by atoms with Crippen LogP contribution in [0, 0.1) is 12.7 Å². The highest BCUT2D eigenvalue weighted by Crippen LogP contribution is 2.27. The Labute approximate surface area is 168 Å². The first-order valence-corrected chi connectivity index (χ1v) is 10.5. The summed E-state index contributed by atoms with van der Waals surface area (Å²) in [5.41, 5.74) is 3.46. The van der Waals surface area contributed by atoms with E-state index in [0.29, 0.717) is 17.0 Å². The molecule has 28 heavy (non-hydrogen) atoms. The molecule has 0 radical (unpaired) electrons. The minimum Gasteiger partial charge on any atom is -0.241 e. The first kappa shape index (κ1) is 18.7. The Bertz CT molecular complexity index is 1300. The molecule has 3 aromatic carbocycles. The number of fused-ring (bicyclic) bond motifs is 1. The summed E-state index contributed by atoms with van der Waals surface area (Å²) in [6.07, 6.45) is 2.02. The van der Waals surface area contributed by atoms with Crippen molar-refractivity contribution < 1.29 is 12.8 Å². The number of benzene rings is 3. The predicted octanol–water partition coefficient (Wildman–Crippen LogP) is 5.57. The number of aryl methyl sites for hydroxylation is 1. The van der Waals surface area contributed by atoms with Gasteiger partial charge in [-0.3, -0.25) is 0 Å². The molecule has 0 aliphatic heterocycles. The van der Waals surface area contributed by atoms with Gasteiger partial charge in [0, 0.05) is 16.6 Å². The Kier molecular flexibility index (Phi) is 4.73. The summed E-state index contributed by atoms with van der Waals surface area (Å²) in [7, 11) is -4.04. The standard InChI is InChI=1S/C22H17ClFNO2S/c1-15-6-8-18(19(23)12-15)13-16-7-9-17-10-11-25(21(17)14-16)28(26,27)22-5-3-2-4-20(22)24/h2-12,14H,13H2,1H3. The number of hydrogen-bond donors (Lipinski definition) is 0. The third-order valence-corrected chi connectivity index (χ3v) is 6.77. The number of aromatic nitrogens is 1. The zero-order chi connectivity index (χ0) is 19.9. The molecular weight excluding hydrogens is 397 g/mol. The summed E-state index contributed by atoms with van der Waals surface area (Å²) in [5.74, 6) is -0.771. The van der Waals surface area contributed by atoms with Gasteiger partial charge < -0.3 is 0 Å². The number of hydrogen-bond acceptors (Lipinski definition) is 2. The fourth-order valence-corrected chi connectivity index (χ4v) is 4.96. The van der Waals surface area contributed by atoms with Gasteiger partial charge in [-0.2, -0.15) is 0 Å². The summed E-state index contributed by atoms with van der Waals surface area (Å²) in [6.45, 7) is 1.97. The molecule has 142 valence electrons. The second kappa shape index (κ2) is 7.08. The lowest BCUT2D eigenvalue weighted by atomic mass is 10.0. The van der Waals surface area contributed by atoms with Crippen molar-refractivity contribution in [2.75, 3.05) is 0 Å². The Balaban J connectivity index is 1.80. The van der Waals surface area contributed by atoms with Crippen LogP contribution in [0.2, 0.25) is 5.02 Å². The highest BCUT2D eigenvalue weighted by molar-refractivity contribution is 7.90. The normalized spacial score (nSPS) is 11.8. The van der Waals surface area contributed by atoms with Crippen LogP contribution in [-0.4, -0.2) is 12.4 Å². The second-order valence-corrected chi connectivity index (χ2v) is 8.90. The van der Waals surface area contributed by atoms with E-state index in [1.807, 2.05) is 43.3 Å². The van der Waals surface area contributed by atoms with Crippen LogP contribution in [0.5, 0.6) is 0 Å². The Morgan fingerprint density at radius 2 is 1.79 bits per heavy atom. The van der Waals surface area contributed by atoms with E-state index < -0.39 is 15.8 Å². The van der Waals surface area contributed by atoms with Crippen molar-refractivity contribution in [1.29, 1.82) is 0 Å². The van der Waals surface area contributed by atoms with Crippen LogP contribution in [0.1, 0.15) is 16.7 Å². The van der Waals surface area contributed by atoms with E-state index >= 15 is 0 Å². The maximum atomic E-state index is 14.1. The lowest BCUT2D eigenvalue weighted by molar-refractivity contribution is 0.562. The molecule has 3 nitrogen and oxygen atoms in total. The number of halogens is 2. The van der Waals surface area contributed by atoms with Crippen LogP contribution in [-0.2, 0) is 16.4 Å². The Morgan fingerprint density at radius 1 is 1.00 bits per heavy atom. The number of rotatable bonds is 4. The molecule has 1 heterocycles. The molecule has 4 aromatic rings. The molecular formula is C22H17ClFNO2S.